The first-order valence-electron chi connectivity index (χ1n) is 4.59. The first-order valence-corrected chi connectivity index (χ1v) is 4.59. The van der Waals surface area contributed by atoms with E-state index in [2.05, 4.69) is 6.07 Å². The molecule has 1 fully saturated rings. The van der Waals surface area contributed by atoms with Gasteiger partial charge in [-0.25, -0.2) is 0 Å². The van der Waals surface area contributed by atoms with Crippen molar-refractivity contribution < 1.29 is 4.74 Å². The summed E-state index contributed by atoms with van der Waals surface area (Å²) in [5.74, 6) is 0.359. The molecule has 1 aliphatic carbocycles. The summed E-state index contributed by atoms with van der Waals surface area (Å²) in [7, 11) is 1.70. The topological polar surface area (TPSA) is 59.0 Å². The number of anilines is 1. The van der Waals surface area contributed by atoms with Gasteiger partial charge in [0.1, 0.15) is 6.07 Å². The number of hydrogen-bond donors (Lipinski definition) is 1. The minimum absolute atomic E-state index is 0.267. The SMILES string of the molecule is COC1CC1c1cccc(N)c1C#N. The second-order valence-electron chi connectivity index (χ2n) is 3.54. The summed E-state index contributed by atoms with van der Waals surface area (Å²) < 4.78 is 5.22. The van der Waals surface area contributed by atoms with E-state index in [1.165, 1.54) is 0 Å². The fraction of sp³-hybridized carbons (Fsp3) is 0.364. The van der Waals surface area contributed by atoms with Gasteiger partial charge in [0, 0.05) is 18.7 Å². The van der Waals surface area contributed by atoms with Crippen LogP contribution in [-0.4, -0.2) is 13.2 Å². The monoisotopic (exact) mass is 188 g/mol. The molecule has 0 saturated heterocycles. The second kappa shape index (κ2) is 3.32. The van der Waals surface area contributed by atoms with Crippen molar-refractivity contribution in [3.8, 4) is 6.07 Å². The van der Waals surface area contributed by atoms with Gasteiger partial charge in [-0.3, -0.25) is 0 Å². The van der Waals surface area contributed by atoms with Crippen LogP contribution in [0.5, 0.6) is 0 Å². The van der Waals surface area contributed by atoms with E-state index in [-0.39, 0.29) is 6.10 Å². The van der Waals surface area contributed by atoms with Gasteiger partial charge in [0.2, 0.25) is 0 Å². The number of nitrogen functional groups attached to an aromatic ring is 1. The molecule has 0 radical (unpaired) electrons. The number of methoxy groups -OCH3 is 1. The first-order chi connectivity index (χ1) is 6.77. The highest BCUT2D eigenvalue weighted by atomic mass is 16.5. The number of rotatable bonds is 2. The Morgan fingerprint density at radius 2 is 2.36 bits per heavy atom. The third kappa shape index (κ3) is 1.34. The van der Waals surface area contributed by atoms with Crippen molar-refractivity contribution in [2.75, 3.05) is 12.8 Å². The molecule has 14 heavy (non-hydrogen) atoms. The van der Waals surface area contributed by atoms with E-state index >= 15 is 0 Å². The highest BCUT2D eigenvalue weighted by Gasteiger charge is 2.40. The van der Waals surface area contributed by atoms with Crippen LogP contribution in [0.1, 0.15) is 23.5 Å². The van der Waals surface area contributed by atoms with Crippen molar-refractivity contribution in [1.82, 2.24) is 0 Å². The largest absolute Gasteiger partial charge is 0.398 e. The molecule has 0 aromatic heterocycles. The molecule has 0 spiro atoms. The van der Waals surface area contributed by atoms with E-state index in [1.54, 1.807) is 13.2 Å². The van der Waals surface area contributed by atoms with Crippen LogP contribution in [-0.2, 0) is 4.74 Å². The molecule has 3 nitrogen and oxygen atoms in total. The van der Waals surface area contributed by atoms with Crippen molar-refractivity contribution in [3.05, 3.63) is 29.3 Å². The quantitative estimate of drug-likeness (QED) is 0.718. The lowest BCUT2D eigenvalue weighted by Gasteiger charge is -2.04. The van der Waals surface area contributed by atoms with Gasteiger partial charge in [-0.15, -0.1) is 0 Å². The van der Waals surface area contributed by atoms with E-state index in [0.29, 0.717) is 17.2 Å². The Balaban J connectivity index is 2.35. The second-order valence-corrected chi connectivity index (χ2v) is 3.54. The van der Waals surface area contributed by atoms with E-state index in [9.17, 15) is 0 Å². The standard InChI is InChI=1S/C11H12N2O/c1-14-11-5-8(11)7-3-2-4-10(13)9(7)6-12/h2-4,8,11H,5,13H2,1H3. The van der Waals surface area contributed by atoms with Crippen molar-refractivity contribution in [2.24, 2.45) is 0 Å². The molecule has 2 rings (SSSR count). The maximum Gasteiger partial charge on any atom is 0.102 e. The fourth-order valence-electron chi connectivity index (χ4n) is 1.79. The number of hydrogen-bond acceptors (Lipinski definition) is 3. The smallest absolute Gasteiger partial charge is 0.102 e. The van der Waals surface area contributed by atoms with Gasteiger partial charge in [0.25, 0.3) is 0 Å². The third-order valence-corrected chi connectivity index (χ3v) is 2.67. The zero-order valence-corrected chi connectivity index (χ0v) is 8.03. The minimum Gasteiger partial charge on any atom is -0.398 e. The summed E-state index contributed by atoms with van der Waals surface area (Å²) in [5.41, 5.74) is 7.92. The number of nitrogens with two attached hydrogens (primary N) is 1. The van der Waals surface area contributed by atoms with Crippen molar-refractivity contribution in [1.29, 1.82) is 5.26 Å². The predicted molar refractivity (Wildman–Crippen MR) is 53.7 cm³/mol. The highest BCUT2D eigenvalue weighted by Crippen LogP contribution is 2.44. The molecule has 1 saturated carbocycles. The van der Waals surface area contributed by atoms with Gasteiger partial charge in [-0.2, -0.15) is 5.26 Å². The van der Waals surface area contributed by atoms with Crippen LogP contribution in [0.15, 0.2) is 18.2 Å². The zero-order valence-electron chi connectivity index (χ0n) is 8.03. The maximum absolute atomic E-state index is 8.96. The van der Waals surface area contributed by atoms with Crippen LogP contribution in [0, 0.1) is 11.3 Å². The molecule has 3 heteroatoms. The molecule has 0 bridgehead atoms. The van der Waals surface area contributed by atoms with Crippen molar-refractivity contribution in [3.63, 3.8) is 0 Å². The molecule has 1 aromatic carbocycles. The third-order valence-electron chi connectivity index (χ3n) is 2.67. The van der Waals surface area contributed by atoms with Gasteiger partial charge in [0.15, 0.2) is 0 Å². The molecular weight excluding hydrogens is 176 g/mol. The van der Waals surface area contributed by atoms with Gasteiger partial charge in [-0.1, -0.05) is 12.1 Å². The number of nitrogens with zero attached hydrogens (tertiary/aromatic N) is 1. The van der Waals surface area contributed by atoms with Crippen LogP contribution in [0.3, 0.4) is 0 Å². The Kier molecular flexibility index (Phi) is 2.14. The van der Waals surface area contributed by atoms with E-state index in [4.69, 9.17) is 15.7 Å². The van der Waals surface area contributed by atoms with Crippen LogP contribution in [0.4, 0.5) is 5.69 Å². The Hall–Kier alpha value is -1.53. The predicted octanol–water partition coefficient (Wildman–Crippen LogP) is 1.64. The molecule has 0 amide bonds. The van der Waals surface area contributed by atoms with E-state index < -0.39 is 0 Å². The first kappa shape index (κ1) is 9.04. The molecule has 0 heterocycles. The summed E-state index contributed by atoms with van der Waals surface area (Å²) >= 11 is 0. The molecule has 72 valence electrons. The Morgan fingerprint density at radius 1 is 1.57 bits per heavy atom. The summed E-state index contributed by atoms with van der Waals surface area (Å²) in [6.45, 7) is 0. The molecule has 1 aliphatic rings. The molecule has 1 aromatic rings. The molecule has 2 unspecified atom stereocenters. The number of benzene rings is 1. The van der Waals surface area contributed by atoms with Crippen LogP contribution < -0.4 is 5.73 Å². The lowest BCUT2D eigenvalue weighted by atomic mass is 10.0. The van der Waals surface area contributed by atoms with Crippen LogP contribution in [0.25, 0.3) is 0 Å². The molecular formula is C11H12N2O. The Labute approximate surface area is 83.1 Å². The molecule has 2 N–H and O–H groups in total. The van der Waals surface area contributed by atoms with Crippen molar-refractivity contribution in [2.45, 2.75) is 18.4 Å². The van der Waals surface area contributed by atoms with Gasteiger partial charge in [-0.05, 0) is 18.1 Å². The Bertz CT molecular complexity index is 395. The van der Waals surface area contributed by atoms with Crippen LogP contribution >= 0.6 is 0 Å². The van der Waals surface area contributed by atoms with Crippen LogP contribution in [0.2, 0.25) is 0 Å². The average Bonchev–Trinajstić information content (AvgIpc) is 2.96. The number of ether oxygens (including phenoxy) is 1. The minimum atomic E-state index is 0.267. The lowest BCUT2D eigenvalue weighted by molar-refractivity contribution is 0.178. The Morgan fingerprint density at radius 3 is 2.93 bits per heavy atom. The summed E-state index contributed by atoms with van der Waals surface area (Å²) in [6.07, 6.45) is 1.26. The van der Waals surface area contributed by atoms with E-state index in [0.717, 1.165) is 12.0 Å². The fourth-order valence-corrected chi connectivity index (χ4v) is 1.79. The molecule has 2 atom stereocenters. The van der Waals surface area contributed by atoms with Gasteiger partial charge in [0.05, 0.1) is 11.7 Å². The highest BCUT2D eigenvalue weighted by molar-refractivity contribution is 5.59. The van der Waals surface area contributed by atoms with Gasteiger partial charge >= 0.3 is 0 Å². The number of nitriles is 1. The zero-order chi connectivity index (χ0) is 10.1. The van der Waals surface area contributed by atoms with E-state index in [1.807, 2.05) is 12.1 Å². The summed E-state index contributed by atoms with van der Waals surface area (Å²) in [6, 6.07) is 7.75. The normalized spacial score (nSPS) is 24.3. The average molecular weight is 188 g/mol. The van der Waals surface area contributed by atoms with Gasteiger partial charge < -0.3 is 10.5 Å². The molecule has 0 aliphatic heterocycles. The lowest BCUT2D eigenvalue weighted by Crippen LogP contribution is -1.98. The summed E-state index contributed by atoms with van der Waals surface area (Å²) in [4.78, 5) is 0. The maximum atomic E-state index is 8.96. The summed E-state index contributed by atoms with van der Waals surface area (Å²) in [5, 5.41) is 8.96. The van der Waals surface area contributed by atoms with Crippen molar-refractivity contribution >= 4 is 5.69 Å².